The number of hydrogen-bond acceptors (Lipinski definition) is 0. The fraction of sp³-hybridized carbons (Fsp3) is 0. The third-order valence-electron chi connectivity index (χ3n) is 0. The molecule has 0 aliphatic carbocycles. The van der Waals surface area contributed by atoms with Crippen LogP contribution in [0.1, 0.15) is 0 Å². The Morgan fingerprint density at radius 2 is 0.500 bits per heavy atom. The number of halogens is 5. The normalized spacial score (nSPS) is 0. The van der Waals surface area contributed by atoms with Gasteiger partial charge in [-0.25, -0.2) is 0 Å². The predicted molar refractivity (Wildman–Crippen MR) is 5.75 cm³/mol. The van der Waals surface area contributed by atoms with Crippen LogP contribution >= 0.6 is 0 Å². The molecule has 2 radical (unpaired) electrons. The van der Waals surface area contributed by atoms with Crippen LogP contribution in [0.3, 0.4) is 0 Å². The van der Waals surface area contributed by atoms with Crippen molar-refractivity contribution in [3.63, 3.8) is 0 Å². The minimum absolute atomic E-state index is 0. The van der Waals surface area contributed by atoms with E-state index < -0.39 is 0 Å². The molecule has 8 heavy (non-hydrogen) atoms. The van der Waals surface area contributed by atoms with Gasteiger partial charge in [-0.3, -0.25) is 0 Å². The monoisotopic (exact) mass is 889 g/mol. The Bertz CT molecular complexity index is 12.4. The van der Waals surface area contributed by atoms with Crippen LogP contribution < -0.4 is 190 Å². The topological polar surface area (TPSA) is 0 Å². The van der Waals surface area contributed by atoms with Gasteiger partial charge in [0.05, 0.1) is 0 Å². The van der Waals surface area contributed by atoms with Crippen LogP contribution in [-0.2, 0) is 0 Å². The minimum Gasteiger partial charge on any atom is -1.00 e. The second-order valence-electron chi connectivity index (χ2n) is 0. The second-order valence-corrected chi connectivity index (χ2v) is 0. The zero-order valence-electron chi connectivity index (χ0n) is 4.34. The van der Waals surface area contributed by atoms with E-state index in [4.69, 9.17) is 0 Å². The van der Waals surface area contributed by atoms with E-state index in [9.17, 15) is 0 Å². The van der Waals surface area contributed by atoms with Crippen LogP contribution in [0.5, 0.6) is 0 Å². The van der Waals surface area contributed by atoms with Crippen molar-refractivity contribution < 1.29 is 190 Å². The molecule has 0 atom stereocenters. The minimum atomic E-state index is 0. The average Bonchev–Trinajstić information content (AvgIpc) is 0. The molecule has 0 unspecified atom stereocenters. The Morgan fingerprint density at radius 3 is 0.500 bits per heavy atom. The third kappa shape index (κ3) is 38.6. The molecule has 0 bridgehead atoms. The third-order valence-corrected chi connectivity index (χ3v) is 0. The van der Waals surface area contributed by atoms with Gasteiger partial charge in [0.25, 0.3) is 0 Å². The van der Waals surface area contributed by atoms with Crippen molar-refractivity contribution in [3.8, 4) is 0 Å². The number of hydrogen-bond donors (Lipinski definition) is 0. The standard InChI is InChI=1S/Bi.5HI.K.Li/h;5*1H;;/q+3;;;;;;2*+1/p-5. The maximum Gasteiger partial charge on any atom is 3.00 e. The van der Waals surface area contributed by atoms with Crippen LogP contribution in [0, 0.1) is 0 Å². The summed E-state index contributed by atoms with van der Waals surface area (Å²) >= 11 is 0. The van der Waals surface area contributed by atoms with Crippen LogP contribution in [0.2, 0.25) is 0 Å². The summed E-state index contributed by atoms with van der Waals surface area (Å²) in [4.78, 5) is 0. The largest absolute Gasteiger partial charge is 3.00 e. The van der Waals surface area contributed by atoms with Gasteiger partial charge in [-0.2, -0.15) is 0 Å². The van der Waals surface area contributed by atoms with Crippen LogP contribution in [-0.4, -0.2) is 26.2 Å². The van der Waals surface area contributed by atoms with Crippen molar-refractivity contribution in [2.45, 2.75) is 0 Å². The van der Waals surface area contributed by atoms with E-state index in [0.717, 1.165) is 0 Å². The van der Waals surface area contributed by atoms with Gasteiger partial charge in [0, 0.05) is 0 Å². The van der Waals surface area contributed by atoms with Crippen molar-refractivity contribution in [3.05, 3.63) is 0 Å². The Balaban J connectivity index is 0. The average molecular weight is 890 g/mol. The first-order chi connectivity index (χ1) is 0. The molecule has 0 saturated heterocycles. The zero-order valence-corrected chi connectivity index (χ0v) is 21.7. The van der Waals surface area contributed by atoms with E-state index >= 15 is 0 Å². The summed E-state index contributed by atoms with van der Waals surface area (Å²) in [6, 6.07) is 0. The molecule has 0 rings (SSSR count). The Hall–Kier alpha value is 6.77. The molecule has 0 aliphatic rings. The molecule has 0 nitrogen and oxygen atoms in total. The summed E-state index contributed by atoms with van der Waals surface area (Å²) in [5.74, 6) is 0. The smallest absolute Gasteiger partial charge is 1.00 e. The molecule has 0 fully saturated rings. The summed E-state index contributed by atoms with van der Waals surface area (Å²) in [6.45, 7) is 0. The number of rotatable bonds is 0. The maximum absolute atomic E-state index is 0. The molecule has 0 aromatic rings. The van der Waals surface area contributed by atoms with Crippen molar-refractivity contribution in [1.29, 1.82) is 0 Å². The first-order valence-corrected chi connectivity index (χ1v) is 0. The summed E-state index contributed by atoms with van der Waals surface area (Å²) in [5, 5.41) is 0. The van der Waals surface area contributed by atoms with Crippen molar-refractivity contribution >= 4 is 26.2 Å². The first-order valence-electron chi connectivity index (χ1n) is 0. The molecule has 0 aromatic heterocycles. The second kappa shape index (κ2) is 49.0. The van der Waals surface area contributed by atoms with E-state index in [1.54, 1.807) is 0 Å². The molecule has 42 valence electrons. The van der Waals surface area contributed by atoms with E-state index in [0.29, 0.717) is 0 Å². The van der Waals surface area contributed by atoms with Gasteiger partial charge >= 0.3 is 96.4 Å². The molecule has 0 aliphatic heterocycles. The van der Waals surface area contributed by atoms with Gasteiger partial charge in [0.1, 0.15) is 0 Å². The molecule has 0 amide bonds. The molecule has 0 heterocycles. The maximum atomic E-state index is 0. The van der Waals surface area contributed by atoms with E-state index in [-0.39, 0.29) is 216 Å². The Kier molecular flexibility index (Phi) is 374. The van der Waals surface area contributed by atoms with Gasteiger partial charge in [-0.05, 0) is 0 Å². The fourth-order valence-corrected chi connectivity index (χ4v) is 0. The summed E-state index contributed by atoms with van der Waals surface area (Å²) < 4.78 is 0. The molecule has 0 aromatic carbocycles. The Morgan fingerprint density at radius 1 is 0.500 bits per heavy atom. The van der Waals surface area contributed by atoms with Crippen molar-refractivity contribution in [2.24, 2.45) is 0 Å². The summed E-state index contributed by atoms with van der Waals surface area (Å²) in [6.07, 6.45) is 0. The van der Waals surface area contributed by atoms with E-state index in [1.165, 1.54) is 0 Å². The van der Waals surface area contributed by atoms with Gasteiger partial charge in [0.2, 0.25) is 0 Å². The molecular formula is BiI5KLi. The van der Waals surface area contributed by atoms with Gasteiger partial charge in [-0.15, -0.1) is 0 Å². The van der Waals surface area contributed by atoms with Gasteiger partial charge in [-0.1, -0.05) is 0 Å². The summed E-state index contributed by atoms with van der Waals surface area (Å²) in [7, 11) is 0. The van der Waals surface area contributed by atoms with Crippen LogP contribution in [0.4, 0.5) is 0 Å². The van der Waals surface area contributed by atoms with Crippen LogP contribution in [0.15, 0.2) is 0 Å². The van der Waals surface area contributed by atoms with Gasteiger partial charge in [0.15, 0.2) is 0 Å². The van der Waals surface area contributed by atoms with E-state index in [1.807, 2.05) is 0 Å². The zero-order chi connectivity index (χ0) is 0. The summed E-state index contributed by atoms with van der Waals surface area (Å²) in [5.41, 5.74) is 0. The molecule has 0 N–H and O–H groups in total. The van der Waals surface area contributed by atoms with Gasteiger partial charge < -0.3 is 120 Å². The SMILES string of the molecule is [Bi+3].[I-].[I-].[I-].[I-].[I-].[K+].[Li+]. The molecular weight excluding hydrogens is 890 g/mol. The Labute approximate surface area is 210 Å². The molecule has 0 saturated carbocycles. The van der Waals surface area contributed by atoms with Crippen LogP contribution in [0.25, 0.3) is 0 Å². The molecule has 0 spiro atoms. The quantitative estimate of drug-likeness (QED) is 0.168. The fourth-order valence-electron chi connectivity index (χ4n) is 0. The van der Waals surface area contributed by atoms with E-state index in [2.05, 4.69) is 0 Å². The predicted octanol–water partition coefficient (Wildman–Crippen LogP) is -21.4. The van der Waals surface area contributed by atoms with Crippen molar-refractivity contribution in [2.75, 3.05) is 0 Å². The molecule has 8 heteroatoms. The first kappa shape index (κ1) is 61.1. The van der Waals surface area contributed by atoms with Crippen molar-refractivity contribution in [1.82, 2.24) is 0 Å².